The number of rotatable bonds is 4. The van der Waals surface area contributed by atoms with Crippen molar-refractivity contribution in [3.8, 4) is 0 Å². The van der Waals surface area contributed by atoms with Crippen LogP contribution in [0.1, 0.15) is 41.5 Å². The molecule has 0 fully saturated rings. The Kier molecular flexibility index (Phi) is 5.50. The second-order valence-electron chi connectivity index (χ2n) is 5.95. The summed E-state index contributed by atoms with van der Waals surface area (Å²) in [6.45, 7) is 7.26. The molecule has 2 unspecified atom stereocenters. The molecule has 8 nitrogen and oxygen atoms in total. The van der Waals surface area contributed by atoms with E-state index < -0.39 is 33.3 Å². The van der Waals surface area contributed by atoms with Crippen molar-refractivity contribution in [3.05, 3.63) is 0 Å². The van der Waals surface area contributed by atoms with E-state index in [0.717, 1.165) is 0 Å². The smallest absolute Gasteiger partial charge is 0.277 e. The Labute approximate surface area is 112 Å². The zero-order chi connectivity index (χ0) is 15.9. The van der Waals surface area contributed by atoms with Crippen LogP contribution in [0.15, 0.2) is 0 Å². The molecular weight excluding hydrogens is 317 g/mol. The van der Waals surface area contributed by atoms with Crippen LogP contribution in [-0.4, -0.2) is 10.3 Å². The molecule has 0 spiro atoms. The average Bonchev–Trinajstić information content (AvgIpc) is 1.93. The van der Waals surface area contributed by atoms with E-state index >= 15 is 0 Å². The zero-order valence-corrected chi connectivity index (χ0v) is 14.3. The molecule has 0 aromatic rings. The molecule has 0 aliphatic carbocycles. The SMILES string of the molecule is CC(C)(C)P(=O)([O-])OP(=O)([O-])OP(=O)([O-])C(C)(C)C. The molecule has 0 amide bonds. The van der Waals surface area contributed by atoms with Gasteiger partial charge in [0.1, 0.15) is 15.2 Å². The lowest BCUT2D eigenvalue weighted by molar-refractivity contribution is -0.238. The van der Waals surface area contributed by atoms with Crippen LogP contribution in [0.2, 0.25) is 0 Å². The molecule has 0 rings (SSSR count). The van der Waals surface area contributed by atoms with Crippen molar-refractivity contribution in [3.63, 3.8) is 0 Å². The highest BCUT2D eigenvalue weighted by molar-refractivity contribution is 7.69. The van der Waals surface area contributed by atoms with Gasteiger partial charge in [0.15, 0.2) is 0 Å². The molecule has 0 saturated heterocycles. The van der Waals surface area contributed by atoms with Gasteiger partial charge in [-0.15, -0.1) is 0 Å². The van der Waals surface area contributed by atoms with Gasteiger partial charge in [-0.1, -0.05) is 41.5 Å². The van der Waals surface area contributed by atoms with E-state index in [1.165, 1.54) is 41.5 Å². The van der Waals surface area contributed by atoms with Crippen LogP contribution in [0.4, 0.5) is 0 Å². The molecule has 0 heterocycles. The van der Waals surface area contributed by atoms with Gasteiger partial charge >= 0.3 is 0 Å². The second-order valence-corrected chi connectivity index (χ2v) is 12.8. The zero-order valence-electron chi connectivity index (χ0n) is 11.6. The molecule has 0 aliphatic rings. The maximum atomic E-state index is 11.6. The number of phosphoric acid groups is 1. The maximum absolute atomic E-state index is 11.6. The van der Waals surface area contributed by atoms with E-state index in [4.69, 9.17) is 0 Å². The predicted octanol–water partition coefficient (Wildman–Crippen LogP) is 1.19. The first-order chi connectivity index (χ1) is 7.91. The van der Waals surface area contributed by atoms with Gasteiger partial charge in [-0.2, -0.15) is 0 Å². The van der Waals surface area contributed by atoms with Crippen LogP contribution < -0.4 is 14.7 Å². The minimum Gasteiger partial charge on any atom is -0.778 e. The lowest BCUT2D eigenvalue weighted by Gasteiger charge is -2.43. The molecule has 0 aliphatic heterocycles. The third-order valence-corrected chi connectivity index (χ3v) is 8.66. The molecule has 0 saturated carbocycles. The molecule has 11 heteroatoms. The van der Waals surface area contributed by atoms with Crippen molar-refractivity contribution >= 4 is 23.0 Å². The van der Waals surface area contributed by atoms with Gasteiger partial charge in [-0.05, 0) is 0 Å². The summed E-state index contributed by atoms with van der Waals surface area (Å²) in [6, 6.07) is 0. The Morgan fingerprint density at radius 3 is 1.05 bits per heavy atom. The highest BCUT2D eigenvalue weighted by atomic mass is 31.3. The van der Waals surface area contributed by atoms with E-state index in [-0.39, 0.29) is 0 Å². The first-order valence-electron chi connectivity index (χ1n) is 5.27. The third kappa shape index (κ3) is 5.41. The van der Waals surface area contributed by atoms with Crippen LogP contribution >= 0.6 is 23.0 Å². The number of hydrogen-bond acceptors (Lipinski definition) is 8. The molecule has 0 aromatic heterocycles. The minimum atomic E-state index is -5.53. The lowest BCUT2D eigenvalue weighted by atomic mass is 10.3. The molecular formula is C8H18O8P3-3. The van der Waals surface area contributed by atoms with Gasteiger partial charge in [0, 0.05) is 10.3 Å². The Morgan fingerprint density at radius 1 is 0.684 bits per heavy atom. The first-order valence-corrected chi connectivity index (χ1v) is 9.82. The van der Waals surface area contributed by atoms with E-state index in [2.05, 4.69) is 8.62 Å². The summed E-state index contributed by atoms with van der Waals surface area (Å²) in [5.74, 6) is 0. The summed E-state index contributed by atoms with van der Waals surface area (Å²) in [7, 11) is -15.2. The van der Waals surface area contributed by atoms with E-state index in [1.54, 1.807) is 0 Å². The van der Waals surface area contributed by atoms with Crippen LogP contribution in [0.25, 0.3) is 0 Å². The fraction of sp³-hybridized carbons (Fsp3) is 1.00. The Bertz CT molecular complexity index is 431. The number of hydrogen-bond donors (Lipinski definition) is 0. The monoisotopic (exact) mass is 335 g/mol. The topological polar surface area (TPSA) is 139 Å². The van der Waals surface area contributed by atoms with Crippen molar-refractivity contribution < 1.29 is 37.0 Å². The Hall–Kier alpha value is 0.490. The predicted molar refractivity (Wildman–Crippen MR) is 64.5 cm³/mol. The summed E-state index contributed by atoms with van der Waals surface area (Å²) < 4.78 is 42.4. The lowest BCUT2D eigenvalue weighted by Crippen LogP contribution is -2.28. The summed E-state index contributed by atoms with van der Waals surface area (Å²) in [6.07, 6.45) is 0. The summed E-state index contributed by atoms with van der Waals surface area (Å²) >= 11 is 0. The van der Waals surface area contributed by atoms with Crippen molar-refractivity contribution in [1.82, 2.24) is 0 Å². The van der Waals surface area contributed by atoms with Gasteiger partial charge in [-0.25, -0.2) is 0 Å². The summed E-state index contributed by atoms with van der Waals surface area (Å²) in [5.41, 5.74) is 0. The first kappa shape index (κ1) is 19.5. The van der Waals surface area contributed by atoms with E-state index in [1.807, 2.05) is 0 Å². The van der Waals surface area contributed by atoms with Crippen molar-refractivity contribution in [1.29, 1.82) is 0 Å². The van der Waals surface area contributed by atoms with Crippen LogP contribution in [0, 0.1) is 0 Å². The van der Waals surface area contributed by atoms with Gasteiger partial charge < -0.3 is 23.8 Å². The van der Waals surface area contributed by atoms with Crippen LogP contribution in [0.3, 0.4) is 0 Å². The summed E-state index contributed by atoms with van der Waals surface area (Å²) in [5, 5.41) is -3.02. The van der Waals surface area contributed by atoms with Gasteiger partial charge in [-0.3, -0.25) is 13.2 Å². The fourth-order valence-corrected chi connectivity index (χ4v) is 4.98. The van der Waals surface area contributed by atoms with E-state index in [9.17, 15) is 28.4 Å². The van der Waals surface area contributed by atoms with Crippen LogP contribution in [-0.2, 0) is 22.3 Å². The van der Waals surface area contributed by atoms with Crippen LogP contribution in [0.5, 0.6) is 0 Å². The molecule has 0 aromatic carbocycles. The quantitative estimate of drug-likeness (QED) is 0.698. The Balaban J connectivity index is 5.22. The normalized spacial score (nSPS) is 23.2. The van der Waals surface area contributed by atoms with Gasteiger partial charge in [0.05, 0.1) is 0 Å². The summed E-state index contributed by atoms with van der Waals surface area (Å²) in [4.78, 5) is 34.5. The van der Waals surface area contributed by atoms with E-state index in [0.29, 0.717) is 0 Å². The molecule has 0 radical (unpaired) electrons. The highest BCUT2D eigenvalue weighted by Crippen LogP contribution is 2.68. The molecule has 116 valence electrons. The van der Waals surface area contributed by atoms with Crippen molar-refractivity contribution in [2.45, 2.75) is 51.9 Å². The average molecular weight is 335 g/mol. The molecule has 0 bridgehead atoms. The molecule has 19 heavy (non-hydrogen) atoms. The molecule has 2 atom stereocenters. The maximum Gasteiger partial charge on any atom is 0.277 e. The third-order valence-electron chi connectivity index (χ3n) is 2.06. The minimum absolute atomic E-state index is 1.21. The van der Waals surface area contributed by atoms with Gasteiger partial charge in [0.2, 0.25) is 0 Å². The van der Waals surface area contributed by atoms with Gasteiger partial charge in [0.25, 0.3) is 7.82 Å². The second kappa shape index (κ2) is 5.36. The fourth-order valence-electron chi connectivity index (χ4n) is 0.523. The standard InChI is InChI=1S/C8H21O8P3/c1-7(2,3)17(9,10)15-19(13,14)16-18(11,12)8(4,5)6/h1-6H3,(H,9,10)(H,11,12)(H,13,14)/p-3. The van der Waals surface area contributed by atoms with Crippen molar-refractivity contribution in [2.24, 2.45) is 0 Å². The Morgan fingerprint density at radius 2 is 0.895 bits per heavy atom. The molecule has 0 N–H and O–H groups in total. The highest BCUT2D eigenvalue weighted by Gasteiger charge is 2.36. The van der Waals surface area contributed by atoms with Crippen molar-refractivity contribution in [2.75, 3.05) is 0 Å². The largest absolute Gasteiger partial charge is 0.778 e.